The number of carbonyl (C=O) groups is 1. The highest BCUT2D eigenvalue weighted by molar-refractivity contribution is 6.00. The van der Waals surface area contributed by atoms with Gasteiger partial charge in [0.2, 0.25) is 0 Å². The van der Waals surface area contributed by atoms with Crippen molar-refractivity contribution in [2.24, 2.45) is 0 Å². The number of H-pyrrole nitrogens is 1. The predicted molar refractivity (Wildman–Crippen MR) is 86.7 cm³/mol. The van der Waals surface area contributed by atoms with E-state index in [1.54, 1.807) is 0 Å². The van der Waals surface area contributed by atoms with Gasteiger partial charge in [0.05, 0.1) is 17.5 Å². The first-order chi connectivity index (χ1) is 12.3. The number of hydrogen-bond donors (Lipinski definition) is 2. The Balaban J connectivity index is 1.76. The van der Waals surface area contributed by atoms with Gasteiger partial charge in [-0.3, -0.25) is 9.59 Å². The molecule has 2 N–H and O–H groups in total. The number of alkyl halides is 3. The van der Waals surface area contributed by atoms with Crippen LogP contribution in [0, 0.1) is 0 Å². The number of amides is 1. The average molecular weight is 362 g/mol. The molecule has 1 saturated carbocycles. The third kappa shape index (κ3) is 2.96. The molecule has 4 rings (SSSR count). The quantitative estimate of drug-likeness (QED) is 0.752. The summed E-state index contributed by atoms with van der Waals surface area (Å²) < 4.78 is 39.1. The Hall–Kier alpha value is -3.10. The number of hydrogen-bond acceptors (Lipinski definition) is 3. The fourth-order valence-electron chi connectivity index (χ4n) is 2.64. The number of aromatic amines is 1. The summed E-state index contributed by atoms with van der Waals surface area (Å²) in [7, 11) is 0. The molecule has 26 heavy (non-hydrogen) atoms. The molecule has 1 aliphatic carbocycles. The summed E-state index contributed by atoms with van der Waals surface area (Å²) >= 11 is 0. The standard InChI is InChI=1S/C17H13F3N4O2/c18-17(19,20)10-3-1-9(2-4-10)13-7-14(25)24-15(23-13)12(8-21-24)16(26)22-11-5-6-11/h1-4,7-8,11,23H,5-6H2,(H,22,26). The number of benzene rings is 1. The van der Waals surface area contributed by atoms with Crippen molar-refractivity contribution in [3.05, 3.63) is 58.0 Å². The highest BCUT2D eigenvalue weighted by Gasteiger charge is 2.30. The van der Waals surface area contributed by atoms with E-state index >= 15 is 0 Å². The second-order valence-electron chi connectivity index (χ2n) is 6.16. The number of halogens is 3. The molecule has 0 atom stereocenters. The molecule has 0 radical (unpaired) electrons. The minimum absolute atomic E-state index is 0.141. The van der Waals surface area contributed by atoms with Gasteiger partial charge in [0.15, 0.2) is 5.65 Å². The molecular weight excluding hydrogens is 349 g/mol. The summed E-state index contributed by atoms with van der Waals surface area (Å²) in [4.78, 5) is 27.4. The van der Waals surface area contributed by atoms with E-state index in [-0.39, 0.29) is 23.2 Å². The summed E-state index contributed by atoms with van der Waals surface area (Å²) in [6.45, 7) is 0. The average Bonchev–Trinajstić information content (AvgIpc) is 3.29. The van der Waals surface area contributed by atoms with E-state index in [1.807, 2.05) is 0 Å². The fraction of sp³-hybridized carbons (Fsp3) is 0.235. The summed E-state index contributed by atoms with van der Waals surface area (Å²) in [6, 6.07) is 5.78. The zero-order valence-corrected chi connectivity index (χ0v) is 13.3. The van der Waals surface area contributed by atoms with Gasteiger partial charge < -0.3 is 10.3 Å². The van der Waals surface area contributed by atoms with Crippen LogP contribution in [0.3, 0.4) is 0 Å². The van der Waals surface area contributed by atoms with Gasteiger partial charge in [-0.1, -0.05) is 12.1 Å². The molecule has 6 nitrogen and oxygen atoms in total. The lowest BCUT2D eigenvalue weighted by Crippen LogP contribution is -2.25. The Bertz CT molecular complexity index is 1050. The zero-order valence-electron chi connectivity index (χ0n) is 13.3. The molecule has 1 amide bonds. The molecule has 2 aromatic heterocycles. The van der Waals surface area contributed by atoms with Gasteiger partial charge in [0.1, 0.15) is 5.56 Å². The summed E-state index contributed by atoms with van der Waals surface area (Å²) in [5, 5.41) is 6.72. The van der Waals surface area contributed by atoms with E-state index in [2.05, 4.69) is 15.4 Å². The first-order valence-corrected chi connectivity index (χ1v) is 7.92. The fourth-order valence-corrected chi connectivity index (χ4v) is 2.64. The van der Waals surface area contributed by atoms with Crippen LogP contribution in [-0.4, -0.2) is 26.5 Å². The second-order valence-corrected chi connectivity index (χ2v) is 6.16. The normalized spacial score (nSPS) is 14.6. The first kappa shape index (κ1) is 16.4. The Kier molecular flexibility index (Phi) is 3.60. The highest BCUT2D eigenvalue weighted by atomic mass is 19.4. The van der Waals surface area contributed by atoms with Gasteiger partial charge in [-0.25, -0.2) is 0 Å². The molecule has 134 valence electrons. The van der Waals surface area contributed by atoms with Crippen LogP contribution in [0.4, 0.5) is 13.2 Å². The number of nitrogens with zero attached hydrogens (tertiary/aromatic N) is 2. The molecule has 0 aliphatic heterocycles. The minimum Gasteiger partial charge on any atom is -0.349 e. The molecule has 0 bridgehead atoms. The summed E-state index contributed by atoms with van der Waals surface area (Å²) in [5.41, 5.74) is -0.157. The van der Waals surface area contributed by atoms with Crippen LogP contribution in [0.5, 0.6) is 0 Å². The van der Waals surface area contributed by atoms with Crippen LogP contribution < -0.4 is 10.9 Å². The predicted octanol–water partition coefficient (Wildman–Crippen LogP) is 2.60. The Morgan fingerprint density at radius 1 is 1.23 bits per heavy atom. The van der Waals surface area contributed by atoms with Crippen LogP contribution in [-0.2, 0) is 6.18 Å². The molecule has 9 heteroatoms. The number of rotatable bonds is 3. The Morgan fingerprint density at radius 3 is 2.54 bits per heavy atom. The maximum absolute atomic E-state index is 12.7. The molecule has 1 fully saturated rings. The largest absolute Gasteiger partial charge is 0.416 e. The molecular formula is C17H13F3N4O2. The van der Waals surface area contributed by atoms with E-state index in [0.29, 0.717) is 11.3 Å². The third-order valence-corrected chi connectivity index (χ3v) is 4.18. The van der Waals surface area contributed by atoms with E-state index < -0.39 is 17.3 Å². The van der Waals surface area contributed by atoms with Gasteiger partial charge in [0, 0.05) is 12.1 Å². The van der Waals surface area contributed by atoms with Crippen molar-refractivity contribution in [3.63, 3.8) is 0 Å². The van der Waals surface area contributed by atoms with Crippen LogP contribution >= 0.6 is 0 Å². The monoisotopic (exact) mass is 362 g/mol. The minimum atomic E-state index is -4.44. The second kappa shape index (κ2) is 5.72. The van der Waals surface area contributed by atoms with E-state index in [4.69, 9.17) is 0 Å². The van der Waals surface area contributed by atoms with Crippen molar-refractivity contribution in [3.8, 4) is 11.3 Å². The number of carbonyl (C=O) groups excluding carboxylic acids is 1. The van der Waals surface area contributed by atoms with E-state index in [1.165, 1.54) is 24.4 Å². The smallest absolute Gasteiger partial charge is 0.349 e. The number of aromatic nitrogens is 3. The molecule has 0 saturated heterocycles. The molecule has 0 spiro atoms. The van der Waals surface area contributed by atoms with Gasteiger partial charge in [-0.05, 0) is 30.5 Å². The topological polar surface area (TPSA) is 79.3 Å². The summed E-state index contributed by atoms with van der Waals surface area (Å²) in [5.74, 6) is -0.345. The first-order valence-electron chi connectivity index (χ1n) is 7.92. The number of fused-ring (bicyclic) bond motifs is 1. The van der Waals surface area contributed by atoms with Crippen LogP contribution in [0.15, 0.2) is 41.3 Å². The van der Waals surface area contributed by atoms with Crippen molar-refractivity contribution in [2.45, 2.75) is 25.1 Å². The van der Waals surface area contributed by atoms with Crippen LogP contribution in [0.25, 0.3) is 16.9 Å². The summed E-state index contributed by atoms with van der Waals surface area (Å²) in [6.07, 6.45) is -1.31. The van der Waals surface area contributed by atoms with Crippen molar-refractivity contribution >= 4 is 11.6 Å². The van der Waals surface area contributed by atoms with Crippen molar-refractivity contribution in [1.82, 2.24) is 19.9 Å². The Morgan fingerprint density at radius 2 is 1.92 bits per heavy atom. The van der Waals surface area contributed by atoms with Crippen molar-refractivity contribution in [1.29, 1.82) is 0 Å². The Labute approximate surface area is 144 Å². The van der Waals surface area contributed by atoms with E-state index in [0.717, 1.165) is 29.5 Å². The number of nitrogens with one attached hydrogen (secondary N) is 2. The third-order valence-electron chi connectivity index (χ3n) is 4.18. The lowest BCUT2D eigenvalue weighted by Gasteiger charge is -2.08. The highest BCUT2D eigenvalue weighted by Crippen LogP contribution is 2.30. The van der Waals surface area contributed by atoms with Crippen LogP contribution in [0.2, 0.25) is 0 Å². The molecule has 0 unspecified atom stereocenters. The molecule has 3 aromatic rings. The zero-order chi connectivity index (χ0) is 18.5. The maximum Gasteiger partial charge on any atom is 0.416 e. The molecule has 2 heterocycles. The molecule has 1 aromatic carbocycles. The maximum atomic E-state index is 12.7. The van der Waals surface area contributed by atoms with E-state index in [9.17, 15) is 22.8 Å². The molecule has 1 aliphatic rings. The van der Waals surface area contributed by atoms with Gasteiger partial charge in [-0.2, -0.15) is 22.8 Å². The van der Waals surface area contributed by atoms with Crippen molar-refractivity contribution < 1.29 is 18.0 Å². The van der Waals surface area contributed by atoms with Crippen molar-refractivity contribution in [2.75, 3.05) is 0 Å². The SMILES string of the molecule is O=C(NC1CC1)c1cnn2c(=O)cc(-c3ccc(C(F)(F)F)cc3)[nH]c12. The van der Waals surface area contributed by atoms with Gasteiger partial charge in [-0.15, -0.1) is 0 Å². The lowest BCUT2D eigenvalue weighted by atomic mass is 10.1. The van der Waals surface area contributed by atoms with Crippen LogP contribution in [0.1, 0.15) is 28.8 Å². The van der Waals surface area contributed by atoms with Gasteiger partial charge in [0.25, 0.3) is 11.5 Å². The van der Waals surface area contributed by atoms with Gasteiger partial charge >= 0.3 is 6.18 Å². The lowest BCUT2D eigenvalue weighted by molar-refractivity contribution is -0.137.